The van der Waals surface area contributed by atoms with Gasteiger partial charge in [0, 0.05) is 15.5 Å². The molecule has 1 aromatic heterocycles. The largest absolute Gasteiger partial charge is 0.451 e. The molecule has 1 saturated carbocycles. The molecule has 0 bridgehead atoms. The van der Waals surface area contributed by atoms with E-state index >= 15 is 0 Å². The summed E-state index contributed by atoms with van der Waals surface area (Å²) in [5, 5.41) is 3.42. The molecule has 106 valence electrons. The van der Waals surface area contributed by atoms with Crippen LogP contribution in [0.1, 0.15) is 32.1 Å². The number of aryl methyl sites for hydroxylation is 1. The van der Waals surface area contributed by atoms with Gasteiger partial charge in [0.15, 0.2) is 0 Å². The smallest absolute Gasteiger partial charge is 0.312 e. The monoisotopic (exact) mass is 336 g/mol. The highest BCUT2D eigenvalue weighted by Crippen LogP contribution is 2.23. The van der Waals surface area contributed by atoms with Crippen LogP contribution in [-0.4, -0.2) is 11.0 Å². The predicted molar refractivity (Wildman–Crippen MR) is 81.3 cm³/mol. The van der Waals surface area contributed by atoms with E-state index in [1.54, 1.807) is 4.74 Å². The highest BCUT2D eigenvalue weighted by molar-refractivity contribution is 9.10. The first-order chi connectivity index (χ1) is 9.72. The molecule has 0 unspecified atom stereocenters. The molecule has 1 aromatic carbocycles. The third-order valence-electron chi connectivity index (χ3n) is 3.76. The fourth-order valence-electron chi connectivity index (χ4n) is 2.69. The van der Waals surface area contributed by atoms with Crippen LogP contribution in [-0.2, 0) is 7.05 Å². The third-order valence-corrected chi connectivity index (χ3v) is 4.29. The molecule has 2 aromatic rings. The van der Waals surface area contributed by atoms with Crippen molar-refractivity contribution in [2.24, 2.45) is 7.05 Å². The molecule has 0 aliphatic heterocycles. The van der Waals surface area contributed by atoms with Crippen LogP contribution in [0.3, 0.4) is 0 Å². The van der Waals surface area contributed by atoms with Crippen LogP contribution in [0, 0.1) is 0 Å². The Bertz CT molecular complexity index is 573. The van der Waals surface area contributed by atoms with Crippen LogP contribution in [0.25, 0.3) is 11.4 Å². The Hall–Kier alpha value is -1.36. The summed E-state index contributed by atoms with van der Waals surface area (Å²) < 4.78 is 8.46. The summed E-state index contributed by atoms with van der Waals surface area (Å²) in [6.07, 6.45) is 6.36. The number of nitrogens with zero attached hydrogens (tertiary/aromatic N) is 2. The van der Waals surface area contributed by atoms with Crippen LogP contribution >= 0.6 is 15.9 Å². The Balaban J connectivity index is 1.78. The highest BCUT2D eigenvalue weighted by Gasteiger charge is 2.24. The topological polar surface area (TPSA) is 41.9 Å². The van der Waals surface area contributed by atoms with E-state index in [1.165, 1.54) is 32.1 Å². The van der Waals surface area contributed by atoms with Crippen LogP contribution in [0.5, 0.6) is 0 Å². The number of nitrogens with one attached hydrogen (secondary N) is 1. The van der Waals surface area contributed by atoms with Gasteiger partial charge in [0.25, 0.3) is 0 Å². The second-order valence-electron chi connectivity index (χ2n) is 5.32. The quantitative estimate of drug-likeness (QED) is 0.869. The second kappa shape index (κ2) is 5.95. The molecular weight excluding hydrogens is 318 g/mol. The van der Waals surface area contributed by atoms with E-state index < -0.39 is 0 Å². The number of hydrogen-bond donors (Lipinski definition) is 1. The van der Waals surface area contributed by atoms with Gasteiger partial charge in [-0.15, -0.1) is 0 Å². The average molecular weight is 337 g/mol. The maximum Gasteiger partial charge on any atom is 0.451 e. The maximum absolute atomic E-state index is 5.68. The molecule has 0 spiro atoms. The normalized spacial score (nSPS) is 16.3. The van der Waals surface area contributed by atoms with Gasteiger partial charge < -0.3 is 5.32 Å². The van der Waals surface area contributed by atoms with Crippen molar-refractivity contribution < 1.29 is 9.26 Å². The first-order valence-corrected chi connectivity index (χ1v) is 7.91. The summed E-state index contributed by atoms with van der Waals surface area (Å²) in [4.78, 5) is 4.57. The van der Waals surface area contributed by atoms with Gasteiger partial charge >= 0.3 is 11.8 Å². The van der Waals surface area contributed by atoms with E-state index in [4.69, 9.17) is 4.52 Å². The zero-order valence-corrected chi connectivity index (χ0v) is 13.2. The summed E-state index contributed by atoms with van der Waals surface area (Å²) in [6.45, 7) is 0. The minimum absolute atomic E-state index is 0.500. The molecular formula is C15H19BrN3O+. The highest BCUT2D eigenvalue weighted by atomic mass is 79.9. The fourth-order valence-corrected chi connectivity index (χ4v) is 2.95. The lowest BCUT2D eigenvalue weighted by Crippen LogP contribution is -2.28. The number of halogens is 1. The zero-order valence-electron chi connectivity index (χ0n) is 11.6. The molecule has 1 heterocycles. The van der Waals surface area contributed by atoms with E-state index in [0.717, 1.165) is 15.9 Å². The Morgan fingerprint density at radius 2 is 1.90 bits per heavy atom. The molecule has 0 radical (unpaired) electrons. The van der Waals surface area contributed by atoms with E-state index in [2.05, 4.69) is 26.2 Å². The summed E-state index contributed by atoms with van der Waals surface area (Å²) in [6, 6.07) is 9.22. The molecule has 1 fully saturated rings. The van der Waals surface area contributed by atoms with Crippen LogP contribution in [0.2, 0.25) is 0 Å². The average Bonchev–Trinajstić information content (AvgIpc) is 2.81. The lowest BCUT2D eigenvalue weighted by Gasteiger charge is -2.19. The first kappa shape index (κ1) is 13.6. The summed E-state index contributed by atoms with van der Waals surface area (Å²) in [5.41, 5.74) is 1.05. The van der Waals surface area contributed by atoms with E-state index in [1.807, 2.05) is 31.3 Å². The van der Waals surface area contributed by atoms with Gasteiger partial charge in [0.05, 0.1) is 5.56 Å². The molecule has 0 saturated heterocycles. The number of rotatable bonds is 3. The van der Waals surface area contributed by atoms with Gasteiger partial charge in [-0.3, -0.25) is 0 Å². The Morgan fingerprint density at radius 3 is 2.60 bits per heavy atom. The fraction of sp³-hybridized carbons (Fsp3) is 0.467. The Kier molecular flexibility index (Phi) is 4.05. The molecule has 0 atom stereocenters. The number of benzene rings is 1. The molecule has 1 aliphatic rings. The van der Waals surface area contributed by atoms with Crippen LogP contribution in [0.15, 0.2) is 33.3 Å². The molecule has 4 nitrogen and oxygen atoms in total. The lowest BCUT2D eigenvalue weighted by atomic mass is 9.96. The van der Waals surface area contributed by atoms with E-state index in [0.29, 0.717) is 12.1 Å². The molecule has 5 heteroatoms. The number of anilines is 1. The first-order valence-electron chi connectivity index (χ1n) is 7.12. The Labute approximate surface area is 127 Å². The molecule has 3 rings (SSSR count). The second-order valence-corrected chi connectivity index (χ2v) is 6.23. The van der Waals surface area contributed by atoms with Crippen molar-refractivity contribution in [2.75, 3.05) is 5.32 Å². The molecule has 1 aliphatic carbocycles. The maximum atomic E-state index is 5.68. The minimum atomic E-state index is 0.500. The summed E-state index contributed by atoms with van der Waals surface area (Å²) in [5.74, 6) is 0.843. The van der Waals surface area contributed by atoms with Crippen molar-refractivity contribution in [1.29, 1.82) is 0 Å². The van der Waals surface area contributed by atoms with Gasteiger partial charge in [-0.2, -0.15) is 0 Å². The third kappa shape index (κ3) is 3.03. The number of hydrogen-bond acceptors (Lipinski definition) is 3. The van der Waals surface area contributed by atoms with Crippen molar-refractivity contribution in [2.45, 2.75) is 38.1 Å². The predicted octanol–water partition coefficient (Wildman–Crippen LogP) is 3.67. The Morgan fingerprint density at radius 1 is 1.20 bits per heavy atom. The number of aromatic nitrogens is 2. The van der Waals surface area contributed by atoms with Crippen LogP contribution in [0.4, 0.5) is 6.01 Å². The molecule has 1 N–H and O–H groups in total. The molecule has 20 heavy (non-hydrogen) atoms. The van der Waals surface area contributed by atoms with Crippen molar-refractivity contribution in [3.63, 3.8) is 0 Å². The van der Waals surface area contributed by atoms with E-state index in [9.17, 15) is 0 Å². The van der Waals surface area contributed by atoms with Crippen molar-refractivity contribution in [1.82, 2.24) is 4.98 Å². The van der Waals surface area contributed by atoms with Crippen LogP contribution < -0.4 is 10.1 Å². The summed E-state index contributed by atoms with van der Waals surface area (Å²) >= 11 is 3.44. The standard InChI is InChI=1S/C15H18BrN3O/c1-19-14(11-7-9-12(16)10-8-11)18-15(20-19)17-13-5-3-2-4-6-13/h7-10,13H,2-6H2,1H3/p+1. The van der Waals surface area contributed by atoms with Crippen molar-refractivity contribution in [3.05, 3.63) is 28.7 Å². The molecule has 0 amide bonds. The van der Waals surface area contributed by atoms with Gasteiger partial charge in [-0.1, -0.05) is 39.9 Å². The van der Waals surface area contributed by atoms with Crippen molar-refractivity contribution in [3.8, 4) is 11.4 Å². The SMILES string of the molecule is C[n+]1oc(NC2CCCCC2)nc1-c1ccc(Br)cc1. The van der Waals surface area contributed by atoms with Gasteiger partial charge in [0.1, 0.15) is 7.05 Å². The zero-order chi connectivity index (χ0) is 13.9. The minimum Gasteiger partial charge on any atom is -0.312 e. The lowest BCUT2D eigenvalue weighted by molar-refractivity contribution is -0.834. The van der Waals surface area contributed by atoms with Crippen molar-refractivity contribution >= 4 is 21.9 Å². The van der Waals surface area contributed by atoms with Gasteiger partial charge in [-0.25, -0.2) is 4.52 Å². The van der Waals surface area contributed by atoms with E-state index in [-0.39, 0.29) is 0 Å². The van der Waals surface area contributed by atoms with Gasteiger partial charge in [0.2, 0.25) is 0 Å². The van der Waals surface area contributed by atoms with Gasteiger partial charge in [-0.05, 0) is 37.1 Å². The summed E-state index contributed by atoms with van der Waals surface area (Å²) in [7, 11) is 1.89.